The normalized spacial score (nSPS) is 12.1. The fourth-order valence-corrected chi connectivity index (χ4v) is 1.96. The van der Waals surface area contributed by atoms with Crippen LogP contribution in [0.15, 0.2) is 42.5 Å². The molecular weight excluding hydrogens is 314 g/mol. The molecule has 0 fully saturated rings. The monoisotopic (exact) mass is 327 g/mol. The fourth-order valence-electron chi connectivity index (χ4n) is 1.96. The molecule has 0 aliphatic rings. The van der Waals surface area contributed by atoms with E-state index in [1.807, 2.05) is 0 Å². The molecule has 0 spiro atoms. The quantitative estimate of drug-likeness (QED) is 0.841. The van der Waals surface area contributed by atoms with E-state index in [0.717, 1.165) is 12.1 Å². The summed E-state index contributed by atoms with van der Waals surface area (Å²) in [5, 5.41) is 2.57. The lowest BCUT2D eigenvalue weighted by Crippen LogP contribution is -2.26. The summed E-state index contributed by atoms with van der Waals surface area (Å²) in [5.74, 6) is -2.70. The lowest BCUT2D eigenvalue weighted by molar-refractivity contribution is -0.0498. The van der Waals surface area contributed by atoms with Crippen LogP contribution in [0.5, 0.6) is 5.75 Å². The zero-order valence-corrected chi connectivity index (χ0v) is 12.0. The molecule has 1 N–H and O–H groups in total. The Morgan fingerprint density at radius 1 is 1.09 bits per heavy atom. The summed E-state index contributed by atoms with van der Waals surface area (Å²) in [5.41, 5.74) is 0.481. The van der Waals surface area contributed by atoms with Crippen LogP contribution < -0.4 is 10.1 Å². The molecule has 7 heteroatoms. The molecule has 0 aromatic heterocycles. The van der Waals surface area contributed by atoms with Gasteiger partial charge in [0.1, 0.15) is 5.75 Å². The highest BCUT2D eigenvalue weighted by atomic mass is 19.3. The van der Waals surface area contributed by atoms with E-state index in [0.29, 0.717) is 5.56 Å². The standard InChI is InChI=1S/C16H13F4NO2/c1-9(10-5-6-13(17)14(18)8-10)21-15(22)11-3-2-4-12(7-11)23-16(19)20/h2-9,16H,1H3,(H,21,22)/t9-/m0/s1. The number of hydrogen-bond donors (Lipinski definition) is 1. The van der Waals surface area contributed by atoms with E-state index < -0.39 is 30.2 Å². The summed E-state index contributed by atoms with van der Waals surface area (Å²) < 4.78 is 54.7. The molecule has 0 radical (unpaired) electrons. The summed E-state index contributed by atoms with van der Waals surface area (Å²) in [7, 11) is 0. The first-order valence-electron chi connectivity index (χ1n) is 6.67. The van der Waals surface area contributed by atoms with Crippen LogP contribution in [0.4, 0.5) is 17.6 Å². The largest absolute Gasteiger partial charge is 0.435 e. The third kappa shape index (κ3) is 4.45. The smallest absolute Gasteiger partial charge is 0.387 e. The Hall–Kier alpha value is -2.57. The lowest BCUT2D eigenvalue weighted by atomic mass is 10.1. The van der Waals surface area contributed by atoms with Crippen LogP contribution in [0.2, 0.25) is 0 Å². The van der Waals surface area contributed by atoms with Crippen LogP contribution in [-0.2, 0) is 0 Å². The number of rotatable bonds is 5. The number of ether oxygens (including phenoxy) is 1. The average molecular weight is 327 g/mol. The first-order chi connectivity index (χ1) is 10.9. The molecule has 0 saturated heterocycles. The van der Waals surface area contributed by atoms with Gasteiger partial charge >= 0.3 is 6.61 Å². The Labute approximate surface area is 129 Å². The fraction of sp³-hybridized carbons (Fsp3) is 0.188. The van der Waals surface area contributed by atoms with Crippen molar-refractivity contribution in [3.63, 3.8) is 0 Å². The summed E-state index contributed by atoms with van der Waals surface area (Å²) in [4.78, 5) is 12.1. The van der Waals surface area contributed by atoms with Gasteiger partial charge in [-0.3, -0.25) is 4.79 Å². The Morgan fingerprint density at radius 3 is 2.48 bits per heavy atom. The van der Waals surface area contributed by atoms with Crippen molar-refractivity contribution < 1.29 is 27.1 Å². The minimum atomic E-state index is -2.99. The van der Waals surface area contributed by atoms with Gasteiger partial charge in [-0.1, -0.05) is 12.1 Å². The van der Waals surface area contributed by atoms with E-state index in [4.69, 9.17) is 0 Å². The number of nitrogens with one attached hydrogen (secondary N) is 1. The number of halogens is 4. The number of benzene rings is 2. The highest BCUT2D eigenvalue weighted by Gasteiger charge is 2.14. The van der Waals surface area contributed by atoms with Gasteiger partial charge in [0, 0.05) is 5.56 Å². The van der Waals surface area contributed by atoms with E-state index >= 15 is 0 Å². The topological polar surface area (TPSA) is 38.3 Å². The van der Waals surface area contributed by atoms with Crippen molar-refractivity contribution >= 4 is 5.91 Å². The highest BCUT2D eigenvalue weighted by molar-refractivity contribution is 5.94. The van der Waals surface area contributed by atoms with Crippen LogP contribution in [0.25, 0.3) is 0 Å². The van der Waals surface area contributed by atoms with Crippen molar-refractivity contribution in [3.8, 4) is 5.75 Å². The predicted octanol–water partition coefficient (Wildman–Crippen LogP) is 4.06. The van der Waals surface area contributed by atoms with Gasteiger partial charge in [0.2, 0.25) is 0 Å². The maximum absolute atomic E-state index is 13.2. The molecule has 23 heavy (non-hydrogen) atoms. The molecule has 0 aliphatic carbocycles. The van der Waals surface area contributed by atoms with E-state index in [9.17, 15) is 22.4 Å². The predicted molar refractivity (Wildman–Crippen MR) is 75.3 cm³/mol. The second kappa shape index (κ2) is 7.13. The van der Waals surface area contributed by atoms with Gasteiger partial charge in [-0.2, -0.15) is 8.78 Å². The van der Waals surface area contributed by atoms with Crippen LogP contribution >= 0.6 is 0 Å². The van der Waals surface area contributed by atoms with Crippen LogP contribution in [0.1, 0.15) is 28.9 Å². The molecular formula is C16H13F4NO2. The average Bonchev–Trinajstić information content (AvgIpc) is 2.49. The molecule has 0 bridgehead atoms. The molecule has 0 aliphatic heterocycles. The number of hydrogen-bond acceptors (Lipinski definition) is 2. The van der Waals surface area contributed by atoms with Gasteiger partial charge in [-0.15, -0.1) is 0 Å². The molecule has 2 rings (SSSR count). The van der Waals surface area contributed by atoms with Crippen molar-refractivity contribution in [2.75, 3.05) is 0 Å². The minimum absolute atomic E-state index is 0.109. The third-order valence-corrected chi connectivity index (χ3v) is 3.11. The van der Waals surface area contributed by atoms with Crippen molar-refractivity contribution in [1.82, 2.24) is 5.32 Å². The second-order valence-corrected chi connectivity index (χ2v) is 4.78. The lowest BCUT2D eigenvalue weighted by Gasteiger charge is -2.15. The molecule has 3 nitrogen and oxygen atoms in total. The van der Waals surface area contributed by atoms with Gasteiger partial charge in [0.05, 0.1) is 6.04 Å². The van der Waals surface area contributed by atoms with Crippen molar-refractivity contribution in [3.05, 3.63) is 65.2 Å². The van der Waals surface area contributed by atoms with Gasteiger partial charge in [-0.05, 0) is 42.8 Å². The van der Waals surface area contributed by atoms with Crippen molar-refractivity contribution in [2.24, 2.45) is 0 Å². The van der Waals surface area contributed by atoms with Gasteiger partial charge in [0.15, 0.2) is 11.6 Å². The molecule has 2 aromatic rings. The number of amides is 1. The van der Waals surface area contributed by atoms with E-state index in [2.05, 4.69) is 10.1 Å². The molecule has 2 aromatic carbocycles. The van der Waals surface area contributed by atoms with Gasteiger partial charge < -0.3 is 10.1 Å². The Bertz CT molecular complexity index is 706. The number of carbonyl (C=O) groups excluding carboxylic acids is 1. The van der Waals surface area contributed by atoms with Crippen molar-refractivity contribution in [2.45, 2.75) is 19.6 Å². The Kier molecular flexibility index (Phi) is 5.20. The van der Waals surface area contributed by atoms with Crippen molar-refractivity contribution in [1.29, 1.82) is 0 Å². The van der Waals surface area contributed by atoms with Crippen LogP contribution in [0, 0.1) is 11.6 Å². The van der Waals surface area contributed by atoms with E-state index in [1.165, 1.54) is 30.3 Å². The SMILES string of the molecule is C[C@H](NC(=O)c1cccc(OC(F)F)c1)c1ccc(F)c(F)c1. The molecule has 0 heterocycles. The Morgan fingerprint density at radius 2 is 1.83 bits per heavy atom. The number of alkyl halides is 2. The first-order valence-corrected chi connectivity index (χ1v) is 6.67. The zero-order valence-electron chi connectivity index (χ0n) is 12.0. The summed E-state index contributed by atoms with van der Waals surface area (Å²) >= 11 is 0. The maximum atomic E-state index is 13.2. The molecule has 0 saturated carbocycles. The summed E-state index contributed by atoms with van der Waals surface area (Å²) in [6.45, 7) is -1.40. The minimum Gasteiger partial charge on any atom is -0.435 e. The summed E-state index contributed by atoms with van der Waals surface area (Å²) in [6, 6.07) is 7.97. The Balaban J connectivity index is 2.10. The van der Waals surface area contributed by atoms with Gasteiger partial charge in [0.25, 0.3) is 5.91 Å². The molecule has 1 atom stereocenters. The highest BCUT2D eigenvalue weighted by Crippen LogP contribution is 2.19. The molecule has 0 unspecified atom stereocenters. The number of carbonyl (C=O) groups is 1. The zero-order chi connectivity index (χ0) is 17.0. The summed E-state index contributed by atoms with van der Waals surface area (Å²) in [6.07, 6.45) is 0. The van der Waals surface area contributed by atoms with Crippen LogP contribution in [-0.4, -0.2) is 12.5 Å². The van der Waals surface area contributed by atoms with Crippen LogP contribution in [0.3, 0.4) is 0 Å². The van der Waals surface area contributed by atoms with Gasteiger partial charge in [-0.25, -0.2) is 8.78 Å². The van der Waals surface area contributed by atoms with E-state index in [1.54, 1.807) is 6.92 Å². The third-order valence-electron chi connectivity index (χ3n) is 3.11. The second-order valence-electron chi connectivity index (χ2n) is 4.78. The molecule has 122 valence electrons. The maximum Gasteiger partial charge on any atom is 0.387 e. The first kappa shape index (κ1) is 16.8. The van der Waals surface area contributed by atoms with E-state index in [-0.39, 0.29) is 11.3 Å². The molecule has 1 amide bonds.